The summed E-state index contributed by atoms with van der Waals surface area (Å²) in [6.45, 7) is 7.55. The van der Waals surface area contributed by atoms with Crippen molar-refractivity contribution in [2.45, 2.75) is 65.1 Å². The van der Waals surface area contributed by atoms with Gasteiger partial charge in [0, 0.05) is 6.54 Å². The number of amides is 2. The quantitative estimate of drug-likeness (QED) is 0.143. The number of carboxylic acids is 1. The van der Waals surface area contributed by atoms with Crippen LogP contribution in [0.15, 0.2) is 4.99 Å². The molecule has 10 nitrogen and oxygen atoms in total. The van der Waals surface area contributed by atoms with Crippen LogP contribution in [0.4, 0.5) is 0 Å². The second-order valence-electron chi connectivity index (χ2n) is 6.99. The van der Waals surface area contributed by atoms with E-state index in [2.05, 4.69) is 15.6 Å². The first kappa shape index (κ1) is 24.6. The molecule has 0 fully saturated rings. The summed E-state index contributed by atoms with van der Waals surface area (Å²) < 4.78 is 0. The molecule has 9 N–H and O–H groups in total. The van der Waals surface area contributed by atoms with Crippen LogP contribution in [0.2, 0.25) is 0 Å². The first-order chi connectivity index (χ1) is 12.5. The molecule has 0 spiro atoms. The minimum absolute atomic E-state index is 0.0769. The Hall–Kier alpha value is -2.36. The SMILES string of the molecule is CC[C@H](C)[C@H](NC(=O)[C@@H](N)C(C)C)C(=O)N[C@@H](CCCN=C(N)N)C(=O)O. The first-order valence-electron chi connectivity index (χ1n) is 9.15. The van der Waals surface area contributed by atoms with Crippen molar-refractivity contribution in [3.8, 4) is 0 Å². The van der Waals surface area contributed by atoms with E-state index in [4.69, 9.17) is 17.2 Å². The van der Waals surface area contributed by atoms with Gasteiger partial charge < -0.3 is 32.9 Å². The van der Waals surface area contributed by atoms with Gasteiger partial charge in [0.2, 0.25) is 11.8 Å². The summed E-state index contributed by atoms with van der Waals surface area (Å²) in [5, 5.41) is 14.5. The molecule has 0 radical (unpaired) electrons. The monoisotopic (exact) mass is 386 g/mol. The van der Waals surface area contributed by atoms with Gasteiger partial charge in [-0.05, 0) is 24.7 Å². The highest BCUT2D eigenvalue weighted by Gasteiger charge is 2.31. The van der Waals surface area contributed by atoms with Gasteiger partial charge in [0.25, 0.3) is 0 Å². The van der Waals surface area contributed by atoms with Crippen LogP contribution < -0.4 is 27.8 Å². The van der Waals surface area contributed by atoms with Crippen molar-refractivity contribution in [1.29, 1.82) is 0 Å². The van der Waals surface area contributed by atoms with Crippen LogP contribution in [0.1, 0.15) is 47.0 Å². The molecule has 156 valence electrons. The summed E-state index contributed by atoms with van der Waals surface area (Å²) in [5.41, 5.74) is 16.3. The number of carbonyl (C=O) groups is 3. The van der Waals surface area contributed by atoms with Crippen molar-refractivity contribution in [1.82, 2.24) is 10.6 Å². The average Bonchev–Trinajstić information content (AvgIpc) is 2.59. The number of hydrogen-bond acceptors (Lipinski definition) is 5. The fourth-order valence-corrected chi connectivity index (χ4v) is 2.28. The third kappa shape index (κ3) is 9.23. The van der Waals surface area contributed by atoms with Gasteiger partial charge >= 0.3 is 5.97 Å². The molecule has 0 aliphatic heterocycles. The summed E-state index contributed by atoms with van der Waals surface area (Å²) in [6.07, 6.45) is 1.16. The van der Waals surface area contributed by atoms with E-state index < -0.39 is 35.9 Å². The van der Waals surface area contributed by atoms with Crippen LogP contribution in [0.3, 0.4) is 0 Å². The Morgan fingerprint density at radius 1 is 1.07 bits per heavy atom. The maximum Gasteiger partial charge on any atom is 0.326 e. The van der Waals surface area contributed by atoms with Crippen molar-refractivity contribution in [3.63, 3.8) is 0 Å². The number of carboxylic acid groups (broad SMARTS) is 1. The number of rotatable bonds is 12. The van der Waals surface area contributed by atoms with E-state index in [1.165, 1.54) is 0 Å². The Morgan fingerprint density at radius 3 is 2.11 bits per heavy atom. The van der Waals surface area contributed by atoms with Crippen LogP contribution in [-0.2, 0) is 14.4 Å². The van der Waals surface area contributed by atoms with E-state index in [-0.39, 0.29) is 30.8 Å². The third-order valence-electron chi connectivity index (χ3n) is 4.37. The van der Waals surface area contributed by atoms with Gasteiger partial charge in [-0.1, -0.05) is 34.1 Å². The molecule has 4 atom stereocenters. The summed E-state index contributed by atoms with van der Waals surface area (Å²) >= 11 is 0. The van der Waals surface area contributed by atoms with E-state index in [1.807, 2.05) is 6.92 Å². The summed E-state index contributed by atoms with van der Waals surface area (Å²) in [7, 11) is 0. The first-order valence-corrected chi connectivity index (χ1v) is 9.15. The van der Waals surface area contributed by atoms with E-state index in [9.17, 15) is 19.5 Å². The van der Waals surface area contributed by atoms with E-state index in [1.54, 1.807) is 20.8 Å². The lowest BCUT2D eigenvalue weighted by Crippen LogP contribution is -2.57. The van der Waals surface area contributed by atoms with Crippen molar-refractivity contribution < 1.29 is 19.5 Å². The largest absolute Gasteiger partial charge is 0.480 e. The molecule has 0 aliphatic carbocycles. The number of nitrogens with zero attached hydrogens (tertiary/aromatic N) is 1. The summed E-state index contributed by atoms with van der Waals surface area (Å²) in [4.78, 5) is 40.1. The van der Waals surface area contributed by atoms with Crippen LogP contribution in [0.5, 0.6) is 0 Å². The molecule has 10 heteroatoms. The fourth-order valence-electron chi connectivity index (χ4n) is 2.28. The molecular formula is C17H34N6O4. The zero-order valence-corrected chi connectivity index (χ0v) is 16.6. The number of nitrogens with one attached hydrogen (secondary N) is 2. The number of aliphatic imine (C=N–C) groups is 1. The summed E-state index contributed by atoms with van der Waals surface area (Å²) in [6, 6.07) is -2.72. The number of nitrogens with two attached hydrogens (primary N) is 3. The zero-order chi connectivity index (χ0) is 21.1. The number of guanidine groups is 1. The van der Waals surface area contributed by atoms with Crippen molar-refractivity contribution in [2.75, 3.05) is 6.54 Å². The highest BCUT2D eigenvalue weighted by atomic mass is 16.4. The van der Waals surface area contributed by atoms with Crippen LogP contribution in [-0.4, -0.2) is 53.5 Å². The smallest absolute Gasteiger partial charge is 0.326 e. The molecule has 0 aromatic carbocycles. The van der Waals surface area contributed by atoms with Gasteiger partial charge in [0.1, 0.15) is 12.1 Å². The molecular weight excluding hydrogens is 352 g/mol. The minimum atomic E-state index is -1.17. The van der Waals surface area contributed by atoms with Gasteiger partial charge in [0.15, 0.2) is 5.96 Å². The van der Waals surface area contributed by atoms with Crippen LogP contribution in [0, 0.1) is 11.8 Å². The molecule has 0 saturated carbocycles. The Kier molecular flexibility index (Phi) is 11.0. The Balaban J connectivity index is 5.04. The van der Waals surface area contributed by atoms with Crippen LogP contribution in [0.25, 0.3) is 0 Å². The summed E-state index contributed by atoms with van der Waals surface area (Å²) in [5.74, 6) is -2.52. The molecule has 0 aromatic rings. The lowest BCUT2D eigenvalue weighted by atomic mass is 9.96. The highest BCUT2D eigenvalue weighted by molar-refractivity contribution is 5.92. The molecule has 0 bridgehead atoms. The van der Waals surface area contributed by atoms with E-state index in [0.29, 0.717) is 12.8 Å². The fraction of sp³-hybridized carbons (Fsp3) is 0.765. The molecule has 0 heterocycles. The van der Waals surface area contributed by atoms with Crippen molar-refractivity contribution >= 4 is 23.7 Å². The number of hydrogen-bond donors (Lipinski definition) is 6. The molecule has 0 rings (SSSR count). The van der Waals surface area contributed by atoms with E-state index in [0.717, 1.165) is 0 Å². The van der Waals surface area contributed by atoms with Gasteiger partial charge in [0.05, 0.1) is 6.04 Å². The molecule has 0 saturated heterocycles. The predicted molar refractivity (Wildman–Crippen MR) is 104 cm³/mol. The Morgan fingerprint density at radius 2 is 1.67 bits per heavy atom. The van der Waals surface area contributed by atoms with Crippen molar-refractivity contribution in [3.05, 3.63) is 0 Å². The molecule has 0 aromatic heterocycles. The number of aliphatic carboxylic acids is 1. The lowest BCUT2D eigenvalue weighted by molar-refractivity contribution is -0.142. The van der Waals surface area contributed by atoms with Gasteiger partial charge in [-0.15, -0.1) is 0 Å². The average molecular weight is 386 g/mol. The molecule has 27 heavy (non-hydrogen) atoms. The normalized spacial score (nSPS) is 15.3. The standard InChI is InChI=1S/C17H34N6O4/c1-5-10(4)13(23-14(24)12(18)9(2)3)15(25)22-11(16(26)27)7-6-8-21-17(19)20/h9-13H,5-8,18H2,1-4H3,(H,22,25)(H,23,24)(H,26,27)(H4,19,20,21)/t10-,11-,12-,13-/m0/s1. The second kappa shape index (κ2) is 12.1. The molecule has 2 amide bonds. The van der Waals surface area contributed by atoms with Gasteiger partial charge in [-0.2, -0.15) is 0 Å². The van der Waals surface area contributed by atoms with Gasteiger partial charge in [-0.3, -0.25) is 14.6 Å². The lowest BCUT2D eigenvalue weighted by Gasteiger charge is -2.27. The molecule has 0 unspecified atom stereocenters. The highest BCUT2D eigenvalue weighted by Crippen LogP contribution is 2.10. The van der Waals surface area contributed by atoms with Crippen LogP contribution >= 0.6 is 0 Å². The maximum absolute atomic E-state index is 12.6. The predicted octanol–water partition coefficient (Wildman–Crippen LogP) is -0.876. The Labute approximate surface area is 160 Å². The van der Waals surface area contributed by atoms with E-state index >= 15 is 0 Å². The van der Waals surface area contributed by atoms with Gasteiger partial charge in [-0.25, -0.2) is 4.79 Å². The zero-order valence-electron chi connectivity index (χ0n) is 16.6. The minimum Gasteiger partial charge on any atom is -0.480 e. The number of carbonyl (C=O) groups excluding carboxylic acids is 2. The second-order valence-corrected chi connectivity index (χ2v) is 6.99. The topological polar surface area (TPSA) is 186 Å². The maximum atomic E-state index is 12.6. The Bertz CT molecular complexity index is 534. The van der Waals surface area contributed by atoms with Crippen molar-refractivity contribution in [2.24, 2.45) is 34.0 Å². The molecule has 0 aliphatic rings. The third-order valence-corrected chi connectivity index (χ3v) is 4.37.